The fourth-order valence-electron chi connectivity index (χ4n) is 5.38. The van der Waals surface area contributed by atoms with Crippen LogP contribution in [0.5, 0.6) is 0 Å². The topological polar surface area (TPSA) is 55.8 Å². The Labute approximate surface area is 310 Å². The van der Waals surface area contributed by atoms with Crippen LogP contribution in [-0.2, 0) is 14.3 Å². The average molecular weight is 695 g/mol. The summed E-state index contributed by atoms with van der Waals surface area (Å²) < 4.78 is 11.1. The molecule has 0 radical (unpaired) electrons. The second-order valence-electron chi connectivity index (χ2n) is 13.3. The maximum Gasteiger partial charge on any atom is 0.306 e. The van der Waals surface area contributed by atoms with Crippen molar-refractivity contribution in [1.82, 2.24) is 0 Å². The van der Waals surface area contributed by atoms with Gasteiger partial charge in [0.15, 0.2) is 0 Å². The van der Waals surface area contributed by atoms with Gasteiger partial charge in [-0.3, -0.25) is 4.79 Å². The minimum absolute atomic E-state index is 0.193. The van der Waals surface area contributed by atoms with Gasteiger partial charge in [-0.25, -0.2) is 0 Å². The molecule has 1 N–H and O–H groups in total. The first-order valence-electron chi connectivity index (χ1n) is 20.7. The molecule has 0 aliphatic rings. The van der Waals surface area contributed by atoms with Gasteiger partial charge in [-0.05, 0) is 89.9 Å². The number of unbranched alkanes of at least 4 members (excludes halogenated alkanes) is 15. The summed E-state index contributed by atoms with van der Waals surface area (Å²) in [4.78, 5) is 12.2. The van der Waals surface area contributed by atoms with E-state index in [1.165, 1.54) is 77.0 Å². The van der Waals surface area contributed by atoms with Crippen molar-refractivity contribution in [3.05, 3.63) is 85.1 Å². The van der Waals surface area contributed by atoms with E-state index in [1.54, 1.807) is 0 Å². The lowest BCUT2D eigenvalue weighted by Gasteiger charge is -2.15. The third-order valence-electron chi connectivity index (χ3n) is 8.45. The first-order valence-corrected chi connectivity index (χ1v) is 20.7. The smallest absolute Gasteiger partial charge is 0.306 e. The fourth-order valence-corrected chi connectivity index (χ4v) is 5.38. The van der Waals surface area contributed by atoms with E-state index in [1.807, 2.05) is 0 Å². The summed E-state index contributed by atoms with van der Waals surface area (Å²) in [6.45, 7) is 5.16. The van der Waals surface area contributed by atoms with Crippen molar-refractivity contribution in [2.75, 3.05) is 19.8 Å². The van der Waals surface area contributed by atoms with E-state index in [9.17, 15) is 9.90 Å². The van der Waals surface area contributed by atoms with E-state index in [2.05, 4.69) is 98.9 Å². The van der Waals surface area contributed by atoms with Crippen LogP contribution in [0.3, 0.4) is 0 Å². The van der Waals surface area contributed by atoms with Crippen LogP contribution in [0.15, 0.2) is 85.1 Å². The zero-order valence-electron chi connectivity index (χ0n) is 32.6. The van der Waals surface area contributed by atoms with Gasteiger partial charge in [-0.15, -0.1) is 0 Å². The monoisotopic (exact) mass is 695 g/mol. The predicted molar refractivity (Wildman–Crippen MR) is 219 cm³/mol. The highest BCUT2D eigenvalue weighted by atomic mass is 16.6. The predicted octanol–water partition coefficient (Wildman–Crippen LogP) is 13.6. The van der Waals surface area contributed by atoms with Crippen molar-refractivity contribution in [2.24, 2.45) is 0 Å². The molecular weight excluding hydrogens is 617 g/mol. The second kappa shape index (κ2) is 42.7. The molecule has 0 aromatic heterocycles. The molecular formula is C46H78O4. The van der Waals surface area contributed by atoms with Crippen LogP contribution in [0.2, 0.25) is 0 Å². The minimum Gasteiger partial charge on any atom is -0.457 e. The number of aliphatic hydroxyl groups is 1. The van der Waals surface area contributed by atoms with Crippen LogP contribution >= 0.6 is 0 Å². The van der Waals surface area contributed by atoms with E-state index in [4.69, 9.17) is 9.47 Å². The number of carbonyl (C=O) groups is 1. The van der Waals surface area contributed by atoms with E-state index in [0.717, 1.165) is 77.0 Å². The van der Waals surface area contributed by atoms with Crippen LogP contribution < -0.4 is 0 Å². The molecule has 0 rings (SSSR count). The number of carbonyl (C=O) groups excluding carboxylic acids is 1. The summed E-state index contributed by atoms with van der Waals surface area (Å²) >= 11 is 0. The van der Waals surface area contributed by atoms with Crippen molar-refractivity contribution in [3.63, 3.8) is 0 Å². The molecule has 0 spiro atoms. The van der Waals surface area contributed by atoms with Crippen molar-refractivity contribution in [3.8, 4) is 0 Å². The largest absolute Gasteiger partial charge is 0.457 e. The van der Waals surface area contributed by atoms with Gasteiger partial charge in [0.25, 0.3) is 0 Å². The van der Waals surface area contributed by atoms with E-state index in [-0.39, 0.29) is 19.2 Å². The van der Waals surface area contributed by atoms with Gasteiger partial charge in [-0.1, -0.05) is 163 Å². The molecule has 0 saturated heterocycles. The molecule has 0 bridgehead atoms. The van der Waals surface area contributed by atoms with Crippen LogP contribution in [0.1, 0.15) is 174 Å². The summed E-state index contributed by atoms with van der Waals surface area (Å²) in [6.07, 6.45) is 59.2. The molecule has 50 heavy (non-hydrogen) atoms. The van der Waals surface area contributed by atoms with Gasteiger partial charge in [0, 0.05) is 13.0 Å². The first kappa shape index (κ1) is 47.6. The van der Waals surface area contributed by atoms with Crippen LogP contribution in [0, 0.1) is 0 Å². The van der Waals surface area contributed by atoms with Gasteiger partial charge in [0.05, 0.1) is 13.2 Å². The molecule has 0 amide bonds. The van der Waals surface area contributed by atoms with Gasteiger partial charge in [0.2, 0.25) is 0 Å². The Morgan fingerprint density at radius 3 is 1.36 bits per heavy atom. The molecule has 1 unspecified atom stereocenters. The Balaban J connectivity index is 3.55. The summed E-state index contributed by atoms with van der Waals surface area (Å²) in [5, 5.41) is 9.59. The number of hydrogen-bond acceptors (Lipinski definition) is 4. The number of esters is 1. The second-order valence-corrected chi connectivity index (χ2v) is 13.3. The third-order valence-corrected chi connectivity index (χ3v) is 8.45. The summed E-state index contributed by atoms with van der Waals surface area (Å²) in [6, 6.07) is 0. The van der Waals surface area contributed by atoms with Crippen molar-refractivity contribution >= 4 is 5.97 Å². The Kier molecular flexibility index (Phi) is 40.7. The summed E-state index contributed by atoms with van der Waals surface area (Å²) in [5.41, 5.74) is 0. The molecule has 0 aromatic carbocycles. The Morgan fingerprint density at radius 1 is 0.500 bits per heavy atom. The van der Waals surface area contributed by atoms with Crippen LogP contribution in [-0.4, -0.2) is 37.0 Å². The highest BCUT2D eigenvalue weighted by molar-refractivity contribution is 5.69. The standard InChI is InChI=1S/C46H78O4/c1-3-5-7-9-11-13-15-17-19-21-23-25-27-29-31-33-35-37-39-41-46(48)50-45(43-47)44-49-42-40-38-36-34-32-30-28-26-24-22-20-18-16-14-12-10-8-6-4-2/h5,7,11,13-14,16-17,19-20,22-23,25,29,31,45,47H,3-4,6,8-10,12,15,18,21,24,26-28,30,32-44H2,1-2H3/b7-5-,13-11-,16-14-,19-17-,22-20-,25-23-,31-29-. The maximum atomic E-state index is 12.2. The molecule has 0 aliphatic heterocycles. The molecule has 4 nitrogen and oxygen atoms in total. The Bertz CT molecular complexity index is 907. The molecule has 0 fully saturated rings. The number of rotatable bonds is 37. The Hall–Kier alpha value is -2.43. The SMILES string of the molecule is CC/C=C\C/C=C\C/C=C\C/C=C\C/C=C\CCCCCC(=O)OC(CO)COCCCCCCCCCC/C=C\C/C=C\CCCCCC. The first-order chi connectivity index (χ1) is 24.7. The van der Waals surface area contributed by atoms with Gasteiger partial charge >= 0.3 is 5.97 Å². The molecule has 0 saturated carbocycles. The lowest BCUT2D eigenvalue weighted by molar-refractivity contribution is -0.154. The highest BCUT2D eigenvalue weighted by Crippen LogP contribution is 2.11. The number of ether oxygens (including phenoxy) is 2. The number of allylic oxidation sites excluding steroid dienone is 14. The number of hydrogen-bond donors (Lipinski definition) is 1. The zero-order valence-corrected chi connectivity index (χ0v) is 32.6. The molecule has 1 atom stereocenters. The maximum absolute atomic E-state index is 12.2. The van der Waals surface area contributed by atoms with E-state index in [0.29, 0.717) is 13.0 Å². The van der Waals surface area contributed by atoms with E-state index < -0.39 is 6.10 Å². The van der Waals surface area contributed by atoms with E-state index >= 15 is 0 Å². The minimum atomic E-state index is -0.560. The molecule has 0 aliphatic carbocycles. The van der Waals surface area contributed by atoms with Crippen LogP contribution in [0.25, 0.3) is 0 Å². The summed E-state index contributed by atoms with van der Waals surface area (Å²) in [5.74, 6) is -0.237. The lowest BCUT2D eigenvalue weighted by Crippen LogP contribution is -2.27. The normalized spacial score (nSPS) is 13.3. The van der Waals surface area contributed by atoms with Crippen molar-refractivity contribution in [2.45, 2.75) is 180 Å². The molecule has 4 heteroatoms. The van der Waals surface area contributed by atoms with Gasteiger partial charge in [0.1, 0.15) is 6.10 Å². The lowest BCUT2D eigenvalue weighted by atomic mass is 10.1. The highest BCUT2D eigenvalue weighted by Gasteiger charge is 2.13. The molecule has 286 valence electrons. The molecule has 0 aromatic rings. The van der Waals surface area contributed by atoms with Crippen LogP contribution in [0.4, 0.5) is 0 Å². The van der Waals surface area contributed by atoms with Gasteiger partial charge < -0.3 is 14.6 Å². The third kappa shape index (κ3) is 40.0. The molecule has 0 heterocycles. The quantitative estimate of drug-likeness (QED) is 0.0399. The average Bonchev–Trinajstić information content (AvgIpc) is 3.12. The van der Waals surface area contributed by atoms with Gasteiger partial charge in [-0.2, -0.15) is 0 Å². The zero-order chi connectivity index (χ0) is 36.3. The van der Waals surface area contributed by atoms with Crippen molar-refractivity contribution < 1.29 is 19.4 Å². The Morgan fingerprint density at radius 2 is 0.900 bits per heavy atom. The number of aliphatic hydroxyl groups excluding tert-OH is 1. The summed E-state index contributed by atoms with van der Waals surface area (Å²) in [7, 11) is 0. The fraction of sp³-hybridized carbons (Fsp3) is 0.674. The van der Waals surface area contributed by atoms with Crippen molar-refractivity contribution in [1.29, 1.82) is 0 Å².